The molecular formula is C30H38ClN5O5. The molecule has 1 atom stereocenters. The first-order chi connectivity index (χ1) is 19.4. The number of fused-ring (bicyclic) bond motifs is 1. The van der Waals surface area contributed by atoms with Crippen molar-refractivity contribution in [2.75, 3.05) is 13.2 Å². The van der Waals surface area contributed by atoms with Crippen molar-refractivity contribution in [3.8, 4) is 17.1 Å². The van der Waals surface area contributed by atoms with Gasteiger partial charge in [0.05, 0.1) is 18.2 Å². The van der Waals surface area contributed by atoms with Crippen molar-refractivity contribution in [2.45, 2.75) is 84.5 Å². The van der Waals surface area contributed by atoms with Crippen LogP contribution in [0.2, 0.25) is 5.02 Å². The first-order valence-corrected chi connectivity index (χ1v) is 14.4. The molecule has 1 aromatic carbocycles. The Labute approximate surface area is 245 Å². The maximum Gasteiger partial charge on any atom is 0.410 e. The number of nitrogens with one attached hydrogen (secondary N) is 1. The molecule has 0 radical (unpaired) electrons. The molecule has 1 fully saturated rings. The van der Waals surface area contributed by atoms with Gasteiger partial charge in [-0.15, -0.1) is 0 Å². The molecule has 220 valence electrons. The number of rotatable bonds is 8. The third kappa shape index (κ3) is 7.97. The van der Waals surface area contributed by atoms with Crippen LogP contribution in [0.4, 0.5) is 4.79 Å². The van der Waals surface area contributed by atoms with Crippen molar-refractivity contribution < 1.29 is 19.1 Å². The Bertz CT molecular complexity index is 1470. The molecule has 0 aliphatic carbocycles. The van der Waals surface area contributed by atoms with Gasteiger partial charge in [0.15, 0.2) is 5.65 Å². The molecule has 0 spiro atoms. The van der Waals surface area contributed by atoms with E-state index in [1.807, 2.05) is 34.6 Å². The summed E-state index contributed by atoms with van der Waals surface area (Å²) >= 11 is 6.20. The van der Waals surface area contributed by atoms with Gasteiger partial charge < -0.3 is 19.7 Å². The Morgan fingerprint density at radius 1 is 1.20 bits per heavy atom. The van der Waals surface area contributed by atoms with Crippen LogP contribution in [0.5, 0.6) is 5.75 Å². The van der Waals surface area contributed by atoms with E-state index in [0.717, 1.165) is 19.3 Å². The molecule has 4 rings (SSSR count). The zero-order chi connectivity index (χ0) is 29.7. The Morgan fingerprint density at radius 2 is 1.98 bits per heavy atom. The number of hydrogen-bond donors (Lipinski definition) is 1. The SMILES string of the molecule is CC(C)NC(=O)Cn1c(-c2cccc(Cl)c2)nc2ncc(OCCC3CCCCN3C(=O)OC(C)(C)C)cc2c1=O. The minimum atomic E-state index is -0.560. The van der Waals surface area contributed by atoms with Crippen molar-refractivity contribution >= 4 is 34.6 Å². The summed E-state index contributed by atoms with van der Waals surface area (Å²) in [5.74, 6) is 0.392. The summed E-state index contributed by atoms with van der Waals surface area (Å²) < 4.78 is 12.9. The summed E-state index contributed by atoms with van der Waals surface area (Å²) in [7, 11) is 0. The van der Waals surface area contributed by atoms with Crippen LogP contribution in [0.25, 0.3) is 22.4 Å². The lowest BCUT2D eigenvalue weighted by atomic mass is 10.0. The van der Waals surface area contributed by atoms with Gasteiger partial charge in [-0.2, -0.15) is 0 Å². The number of pyridine rings is 1. The third-order valence-electron chi connectivity index (χ3n) is 6.59. The van der Waals surface area contributed by atoms with Crippen molar-refractivity contribution in [3.05, 3.63) is 51.9 Å². The van der Waals surface area contributed by atoms with Crippen molar-refractivity contribution in [1.29, 1.82) is 0 Å². The summed E-state index contributed by atoms with van der Waals surface area (Å²) in [5.41, 5.74) is -0.139. The van der Waals surface area contributed by atoms with Crippen molar-refractivity contribution in [1.82, 2.24) is 24.8 Å². The van der Waals surface area contributed by atoms with E-state index in [-0.39, 0.29) is 41.7 Å². The number of halogens is 1. The fourth-order valence-corrected chi connectivity index (χ4v) is 5.04. The lowest BCUT2D eigenvalue weighted by Crippen LogP contribution is -2.46. The lowest BCUT2D eigenvalue weighted by Gasteiger charge is -2.36. The number of likely N-dealkylation sites (tertiary alicyclic amines) is 1. The van der Waals surface area contributed by atoms with Gasteiger partial charge >= 0.3 is 6.09 Å². The van der Waals surface area contributed by atoms with Crippen LogP contribution >= 0.6 is 11.6 Å². The smallest absolute Gasteiger partial charge is 0.410 e. The van der Waals surface area contributed by atoms with Crippen LogP contribution in [0, 0.1) is 0 Å². The van der Waals surface area contributed by atoms with E-state index >= 15 is 0 Å². The van der Waals surface area contributed by atoms with E-state index in [0.29, 0.717) is 41.7 Å². The van der Waals surface area contributed by atoms with Crippen LogP contribution < -0.4 is 15.6 Å². The van der Waals surface area contributed by atoms with Crippen LogP contribution in [-0.2, 0) is 16.1 Å². The van der Waals surface area contributed by atoms with Gasteiger partial charge in [0, 0.05) is 35.6 Å². The number of nitrogens with zero attached hydrogens (tertiary/aromatic N) is 4. The molecule has 0 bridgehead atoms. The zero-order valence-corrected chi connectivity index (χ0v) is 25.0. The second kappa shape index (κ2) is 12.9. The van der Waals surface area contributed by atoms with E-state index in [4.69, 9.17) is 21.1 Å². The third-order valence-corrected chi connectivity index (χ3v) is 6.83. The minimum absolute atomic E-state index is 0.00522. The number of ether oxygens (including phenoxy) is 2. The number of carbonyl (C=O) groups excluding carboxylic acids is 2. The van der Waals surface area contributed by atoms with Crippen molar-refractivity contribution in [3.63, 3.8) is 0 Å². The summed E-state index contributed by atoms with van der Waals surface area (Å²) in [6.45, 7) is 10.0. The molecule has 1 aliphatic heterocycles. The van der Waals surface area contributed by atoms with E-state index in [1.165, 1.54) is 10.8 Å². The van der Waals surface area contributed by atoms with E-state index in [1.54, 1.807) is 35.2 Å². The zero-order valence-electron chi connectivity index (χ0n) is 24.3. The monoisotopic (exact) mass is 583 g/mol. The fourth-order valence-electron chi connectivity index (χ4n) is 4.85. The molecule has 1 unspecified atom stereocenters. The van der Waals surface area contributed by atoms with Crippen LogP contribution in [0.15, 0.2) is 41.3 Å². The van der Waals surface area contributed by atoms with E-state index in [9.17, 15) is 14.4 Å². The normalized spacial score (nSPS) is 15.7. The number of benzene rings is 1. The van der Waals surface area contributed by atoms with Gasteiger partial charge in [0.1, 0.15) is 23.7 Å². The summed E-state index contributed by atoms with van der Waals surface area (Å²) in [6, 6.07) is 8.47. The van der Waals surface area contributed by atoms with Gasteiger partial charge in [-0.05, 0) is 72.1 Å². The van der Waals surface area contributed by atoms with Gasteiger partial charge in [0.2, 0.25) is 5.91 Å². The topological polar surface area (TPSA) is 116 Å². The molecule has 1 aliphatic rings. The Hall–Kier alpha value is -3.66. The molecule has 2 amide bonds. The number of aromatic nitrogens is 3. The molecule has 41 heavy (non-hydrogen) atoms. The molecule has 1 saturated heterocycles. The van der Waals surface area contributed by atoms with Gasteiger partial charge in [-0.1, -0.05) is 23.7 Å². The van der Waals surface area contributed by atoms with Crippen LogP contribution in [-0.4, -0.2) is 62.3 Å². The largest absolute Gasteiger partial charge is 0.492 e. The Balaban J connectivity index is 1.57. The fraction of sp³-hybridized carbons (Fsp3) is 0.500. The highest BCUT2D eigenvalue weighted by Gasteiger charge is 2.30. The molecular weight excluding hydrogens is 546 g/mol. The quantitative estimate of drug-likeness (QED) is 0.388. The highest BCUT2D eigenvalue weighted by Crippen LogP contribution is 2.25. The number of hydrogen-bond acceptors (Lipinski definition) is 7. The molecule has 1 N–H and O–H groups in total. The average molecular weight is 584 g/mol. The molecule has 3 aromatic rings. The van der Waals surface area contributed by atoms with Gasteiger partial charge in [0.25, 0.3) is 5.56 Å². The summed E-state index contributed by atoms with van der Waals surface area (Å²) in [6.07, 6.45) is 4.68. The average Bonchev–Trinajstić information content (AvgIpc) is 2.89. The summed E-state index contributed by atoms with van der Waals surface area (Å²) in [4.78, 5) is 49.9. The first kappa shape index (κ1) is 30.3. The maximum atomic E-state index is 13.7. The second-order valence-corrected chi connectivity index (χ2v) is 12.0. The molecule has 3 heterocycles. The van der Waals surface area contributed by atoms with E-state index < -0.39 is 11.2 Å². The first-order valence-electron chi connectivity index (χ1n) is 14.0. The minimum Gasteiger partial charge on any atom is -0.492 e. The molecule has 0 saturated carbocycles. The Kier molecular flexibility index (Phi) is 9.53. The number of piperidine rings is 1. The predicted molar refractivity (Wildman–Crippen MR) is 158 cm³/mol. The van der Waals surface area contributed by atoms with Crippen LogP contribution in [0.3, 0.4) is 0 Å². The molecule has 11 heteroatoms. The number of amides is 2. The number of carbonyl (C=O) groups is 2. The van der Waals surface area contributed by atoms with Gasteiger partial charge in [-0.3, -0.25) is 14.2 Å². The van der Waals surface area contributed by atoms with E-state index in [2.05, 4.69) is 15.3 Å². The second-order valence-electron chi connectivity index (χ2n) is 11.6. The van der Waals surface area contributed by atoms with Crippen LogP contribution in [0.1, 0.15) is 60.3 Å². The molecule has 10 nitrogen and oxygen atoms in total. The highest BCUT2D eigenvalue weighted by atomic mass is 35.5. The standard InChI is InChI=1S/C30H38ClN5O5/c1-19(2)33-25(37)18-36-27(20-9-8-10-21(31)15-20)34-26-24(28(36)38)16-23(17-32-26)40-14-12-22-11-6-7-13-35(22)29(39)41-30(3,4)5/h8-10,15-17,19,22H,6-7,11-14,18H2,1-5H3,(H,33,37). The maximum absolute atomic E-state index is 13.7. The lowest BCUT2D eigenvalue weighted by molar-refractivity contribution is -0.122. The Morgan fingerprint density at radius 3 is 2.68 bits per heavy atom. The molecule has 2 aromatic heterocycles. The highest BCUT2D eigenvalue weighted by molar-refractivity contribution is 6.30. The van der Waals surface area contributed by atoms with Gasteiger partial charge in [-0.25, -0.2) is 14.8 Å². The predicted octanol–water partition coefficient (Wildman–Crippen LogP) is 5.20. The van der Waals surface area contributed by atoms with Crippen molar-refractivity contribution in [2.24, 2.45) is 0 Å². The summed E-state index contributed by atoms with van der Waals surface area (Å²) in [5, 5.41) is 3.54.